The van der Waals surface area contributed by atoms with E-state index in [9.17, 15) is 0 Å². The van der Waals surface area contributed by atoms with Crippen LogP contribution in [0.5, 0.6) is 0 Å². The molecule has 0 aromatic heterocycles. The van der Waals surface area contributed by atoms with Crippen molar-refractivity contribution >= 4 is 23.3 Å². The van der Waals surface area contributed by atoms with Crippen molar-refractivity contribution in [1.82, 2.24) is 0 Å². The summed E-state index contributed by atoms with van der Waals surface area (Å²) in [6, 6.07) is 13.2. The molecule has 3 heteroatoms. The second-order valence-electron chi connectivity index (χ2n) is 6.44. The molecule has 142 valence electrons. The molecule has 2 aromatic carbocycles. The summed E-state index contributed by atoms with van der Waals surface area (Å²) in [5, 5.41) is 0. The van der Waals surface area contributed by atoms with Crippen molar-refractivity contribution < 1.29 is 20.4 Å². The standard InChI is InChI=1S/C23H30N2.Pd/c1-6-18-10-19(7-2)13-22(12-18)24-16-17(5)25-23-14-20(8-3)11-21(9-4)15-23;/h10-16H,6-9H2,1-5H3;/b24-16+,25-17+;. The molecule has 0 bridgehead atoms. The second kappa shape index (κ2) is 11.2. The predicted octanol–water partition coefficient (Wildman–Crippen LogP) is 6.43. The first-order chi connectivity index (χ1) is 12.1. The van der Waals surface area contributed by atoms with Gasteiger partial charge in [-0.15, -0.1) is 0 Å². The number of benzene rings is 2. The Morgan fingerprint density at radius 3 is 1.46 bits per heavy atom. The van der Waals surface area contributed by atoms with Gasteiger partial charge < -0.3 is 0 Å². The molecule has 0 N–H and O–H groups in total. The Morgan fingerprint density at radius 2 is 1.08 bits per heavy atom. The van der Waals surface area contributed by atoms with Gasteiger partial charge in [0, 0.05) is 26.6 Å². The summed E-state index contributed by atoms with van der Waals surface area (Å²) < 4.78 is 0. The van der Waals surface area contributed by atoms with Crippen molar-refractivity contribution in [3.63, 3.8) is 0 Å². The molecule has 0 atom stereocenters. The summed E-state index contributed by atoms with van der Waals surface area (Å²) in [5.74, 6) is 0. The summed E-state index contributed by atoms with van der Waals surface area (Å²) in [4.78, 5) is 9.39. The van der Waals surface area contributed by atoms with Gasteiger partial charge in [0.2, 0.25) is 0 Å². The number of hydrogen-bond acceptors (Lipinski definition) is 2. The average molecular weight is 441 g/mol. The Bertz CT molecular complexity index is 731. The Kier molecular flexibility index (Phi) is 9.70. The first-order valence-corrected chi connectivity index (χ1v) is 9.42. The Morgan fingerprint density at radius 1 is 0.692 bits per heavy atom. The third kappa shape index (κ3) is 6.63. The SMILES string of the molecule is CCc1cc(CC)cc(/N=C/C(C)=N/c2cc(CC)cc(CC)c2)c1.[Pd]. The van der Waals surface area contributed by atoms with E-state index in [1.165, 1.54) is 22.3 Å². The quantitative estimate of drug-likeness (QED) is 0.350. The predicted molar refractivity (Wildman–Crippen MR) is 111 cm³/mol. The monoisotopic (exact) mass is 440 g/mol. The van der Waals surface area contributed by atoms with Gasteiger partial charge in [0.25, 0.3) is 0 Å². The van der Waals surface area contributed by atoms with Crippen LogP contribution in [0.25, 0.3) is 0 Å². The Labute approximate surface area is 172 Å². The van der Waals surface area contributed by atoms with E-state index < -0.39 is 0 Å². The summed E-state index contributed by atoms with van der Waals surface area (Å²) in [7, 11) is 0. The van der Waals surface area contributed by atoms with Gasteiger partial charge in [-0.25, -0.2) is 0 Å². The van der Waals surface area contributed by atoms with E-state index in [-0.39, 0.29) is 20.4 Å². The molecular formula is C23H30N2Pd. The van der Waals surface area contributed by atoms with E-state index in [1.54, 1.807) is 0 Å². The topological polar surface area (TPSA) is 24.7 Å². The molecule has 0 aliphatic carbocycles. The van der Waals surface area contributed by atoms with Crippen LogP contribution in [0.2, 0.25) is 0 Å². The van der Waals surface area contributed by atoms with Crippen LogP contribution in [-0.4, -0.2) is 11.9 Å². The number of nitrogens with zero attached hydrogens (tertiary/aromatic N) is 2. The summed E-state index contributed by atoms with van der Waals surface area (Å²) in [5.41, 5.74) is 8.32. The molecule has 0 aliphatic rings. The van der Waals surface area contributed by atoms with Crippen LogP contribution >= 0.6 is 0 Å². The van der Waals surface area contributed by atoms with E-state index in [1.807, 2.05) is 13.1 Å². The van der Waals surface area contributed by atoms with Gasteiger partial charge in [0.1, 0.15) is 0 Å². The van der Waals surface area contributed by atoms with Crippen LogP contribution in [0.15, 0.2) is 46.4 Å². The zero-order chi connectivity index (χ0) is 18.2. The molecule has 0 saturated carbocycles. The first kappa shape index (κ1) is 22.5. The zero-order valence-electron chi connectivity index (χ0n) is 16.6. The molecule has 0 saturated heterocycles. The van der Waals surface area contributed by atoms with E-state index in [0.717, 1.165) is 42.8 Å². The van der Waals surface area contributed by atoms with E-state index in [2.05, 4.69) is 69.1 Å². The van der Waals surface area contributed by atoms with Crippen molar-refractivity contribution in [2.45, 2.75) is 60.3 Å². The van der Waals surface area contributed by atoms with Crippen LogP contribution in [0, 0.1) is 0 Å². The first-order valence-electron chi connectivity index (χ1n) is 9.42. The fourth-order valence-corrected chi connectivity index (χ4v) is 2.84. The molecule has 2 rings (SSSR count). The van der Waals surface area contributed by atoms with Crippen molar-refractivity contribution in [3.05, 3.63) is 58.7 Å². The minimum absolute atomic E-state index is 0. The number of aliphatic imine (C=N–C) groups is 2. The van der Waals surface area contributed by atoms with Gasteiger partial charge in [-0.05, 0) is 79.1 Å². The van der Waals surface area contributed by atoms with Crippen LogP contribution in [0.4, 0.5) is 11.4 Å². The van der Waals surface area contributed by atoms with Gasteiger partial charge >= 0.3 is 0 Å². The smallest absolute Gasteiger partial charge is 0.0638 e. The Hall–Kier alpha value is -1.56. The van der Waals surface area contributed by atoms with Crippen molar-refractivity contribution in [2.75, 3.05) is 0 Å². The number of aryl methyl sites for hydroxylation is 4. The van der Waals surface area contributed by atoms with Crippen molar-refractivity contribution in [3.8, 4) is 0 Å². The van der Waals surface area contributed by atoms with Crippen LogP contribution in [0.3, 0.4) is 0 Å². The molecule has 0 amide bonds. The molecule has 0 unspecified atom stereocenters. The average Bonchev–Trinajstić information content (AvgIpc) is 2.65. The fourth-order valence-electron chi connectivity index (χ4n) is 2.84. The number of hydrogen-bond donors (Lipinski definition) is 0. The Balaban J connectivity index is 0.00000338. The molecule has 26 heavy (non-hydrogen) atoms. The van der Waals surface area contributed by atoms with Gasteiger partial charge in [-0.1, -0.05) is 39.8 Å². The molecule has 2 nitrogen and oxygen atoms in total. The van der Waals surface area contributed by atoms with Crippen molar-refractivity contribution in [2.24, 2.45) is 9.98 Å². The third-order valence-electron chi connectivity index (χ3n) is 4.41. The second-order valence-corrected chi connectivity index (χ2v) is 6.44. The maximum Gasteiger partial charge on any atom is 0.0638 e. The van der Waals surface area contributed by atoms with Gasteiger partial charge in [-0.3, -0.25) is 9.98 Å². The third-order valence-corrected chi connectivity index (χ3v) is 4.41. The van der Waals surface area contributed by atoms with Gasteiger partial charge in [-0.2, -0.15) is 0 Å². The normalized spacial score (nSPS) is 11.7. The van der Waals surface area contributed by atoms with Crippen molar-refractivity contribution in [1.29, 1.82) is 0 Å². The molecule has 0 spiro atoms. The summed E-state index contributed by atoms with van der Waals surface area (Å²) in [6.45, 7) is 10.7. The minimum atomic E-state index is 0. The van der Waals surface area contributed by atoms with Crippen LogP contribution < -0.4 is 0 Å². The molecule has 0 radical (unpaired) electrons. The van der Waals surface area contributed by atoms with E-state index >= 15 is 0 Å². The van der Waals surface area contributed by atoms with Gasteiger partial charge in [0.05, 0.1) is 17.1 Å². The van der Waals surface area contributed by atoms with E-state index in [4.69, 9.17) is 4.99 Å². The summed E-state index contributed by atoms with van der Waals surface area (Å²) >= 11 is 0. The maximum atomic E-state index is 4.74. The van der Waals surface area contributed by atoms with E-state index in [0.29, 0.717) is 0 Å². The number of rotatable bonds is 7. The van der Waals surface area contributed by atoms with Crippen LogP contribution in [0.1, 0.15) is 56.9 Å². The largest absolute Gasteiger partial charge is 0.255 e. The fraction of sp³-hybridized carbons (Fsp3) is 0.391. The zero-order valence-corrected chi connectivity index (χ0v) is 18.1. The molecule has 0 heterocycles. The molecule has 0 fully saturated rings. The molecular weight excluding hydrogens is 411 g/mol. The molecule has 2 aromatic rings. The van der Waals surface area contributed by atoms with Gasteiger partial charge in [0.15, 0.2) is 0 Å². The summed E-state index contributed by atoms with van der Waals surface area (Å²) in [6.07, 6.45) is 6.01. The minimum Gasteiger partial charge on any atom is -0.255 e. The van der Waals surface area contributed by atoms with Crippen LogP contribution in [-0.2, 0) is 46.1 Å². The molecule has 0 aliphatic heterocycles. The maximum absolute atomic E-state index is 4.74.